The monoisotopic (exact) mass is 274 g/mol. The van der Waals surface area contributed by atoms with Crippen LogP contribution >= 0.6 is 12.4 Å². The first-order valence-electron chi connectivity index (χ1n) is 6.91. The van der Waals surface area contributed by atoms with Crippen molar-refractivity contribution >= 4 is 18.3 Å². The van der Waals surface area contributed by atoms with Crippen LogP contribution in [0.2, 0.25) is 0 Å². The number of hydrogen-bond donors (Lipinski definition) is 1. The van der Waals surface area contributed by atoms with Crippen LogP contribution in [0.1, 0.15) is 52.9 Å². The molecule has 0 unspecified atom stereocenters. The molecule has 4 heteroatoms. The quantitative estimate of drug-likeness (QED) is 0.799. The molecule has 18 heavy (non-hydrogen) atoms. The molecule has 0 spiro atoms. The molecule has 0 radical (unpaired) electrons. The number of carbonyl (C=O) groups is 1. The van der Waals surface area contributed by atoms with Crippen LogP contribution in [-0.2, 0) is 4.79 Å². The zero-order valence-corrected chi connectivity index (χ0v) is 12.7. The zero-order chi connectivity index (χ0) is 12.7. The van der Waals surface area contributed by atoms with Crippen LogP contribution in [0.15, 0.2) is 0 Å². The first-order chi connectivity index (χ1) is 7.83. The minimum absolute atomic E-state index is 0. The van der Waals surface area contributed by atoms with Crippen LogP contribution in [0.3, 0.4) is 0 Å². The Kier molecular flexibility index (Phi) is 4.71. The maximum atomic E-state index is 12.3. The fourth-order valence-electron chi connectivity index (χ4n) is 3.04. The molecule has 0 atom stereocenters. The van der Waals surface area contributed by atoms with Crippen molar-refractivity contribution in [2.45, 2.75) is 58.4 Å². The van der Waals surface area contributed by atoms with Crippen molar-refractivity contribution in [3.8, 4) is 0 Å². The van der Waals surface area contributed by atoms with E-state index >= 15 is 0 Å². The molecule has 1 aliphatic carbocycles. The Bertz CT molecular complexity index is 299. The molecule has 0 aromatic carbocycles. The van der Waals surface area contributed by atoms with Crippen LogP contribution in [0.4, 0.5) is 0 Å². The fraction of sp³-hybridized carbons (Fsp3) is 0.929. The van der Waals surface area contributed by atoms with Gasteiger partial charge in [-0.25, -0.2) is 0 Å². The number of hydrogen-bond acceptors (Lipinski definition) is 2. The Morgan fingerprint density at radius 3 is 2.06 bits per heavy atom. The summed E-state index contributed by atoms with van der Waals surface area (Å²) in [6.07, 6.45) is 5.13. The second-order valence-electron chi connectivity index (χ2n) is 6.94. The van der Waals surface area contributed by atoms with E-state index < -0.39 is 5.54 Å². The van der Waals surface area contributed by atoms with Gasteiger partial charge in [-0.2, -0.15) is 0 Å². The number of rotatable bonds is 1. The summed E-state index contributed by atoms with van der Waals surface area (Å²) in [5.74, 6) is 0.942. The van der Waals surface area contributed by atoms with E-state index in [2.05, 4.69) is 20.8 Å². The smallest absolute Gasteiger partial charge is 0.242 e. The number of nitrogens with zero attached hydrogens (tertiary/aromatic N) is 1. The van der Waals surface area contributed by atoms with Crippen molar-refractivity contribution in [3.63, 3.8) is 0 Å². The van der Waals surface area contributed by atoms with E-state index in [0.29, 0.717) is 5.41 Å². The lowest BCUT2D eigenvalue weighted by Gasteiger charge is -2.44. The van der Waals surface area contributed by atoms with Gasteiger partial charge in [-0.3, -0.25) is 4.79 Å². The van der Waals surface area contributed by atoms with E-state index in [4.69, 9.17) is 5.73 Å². The van der Waals surface area contributed by atoms with Gasteiger partial charge in [0.15, 0.2) is 0 Å². The third-order valence-electron chi connectivity index (χ3n) is 4.68. The summed E-state index contributed by atoms with van der Waals surface area (Å²) >= 11 is 0. The molecule has 3 nitrogen and oxygen atoms in total. The molecule has 0 bridgehead atoms. The second-order valence-corrected chi connectivity index (χ2v) is 6.94. The Morgan fingerprint density at radius 2 is 1.72 bits per heavy atom. The molecule has 0 aromatic rings. The Hall–Kier alpha value is -0.280. The first kappa shape index (κ1) is 15.8. The van der Waals surface area contributed by atoms with Gasteiger partial charge in [0.2, 0.25) is 5.91 Å². The highest BCUT2D eigenvalue weighted by atomic mass is 35.5. The van der Waals surface area contributed by atoms with Crippen LogP contribution in [0, 0.1) is 11.3 Å². The molecule has 1 saturated heterocycles. The summed E-state index contributed by atoms with van der Waals surface area (Å²) in [6.45, 7) is 8.70. The molecule has 2 fully saturated rings. The predicted octanol–water partition coefficient (Wildman–Crippen LogP) is 2.57. The first-order valence-corrected chi connectivity index (χ1v) is 6.91. The lowest BCUT2D eigenvalue weighted by Crippen LogP contribution is -2.60. The highest BCUT2D eigenvalue weighted by molar-refractivity contribution is 5.87. The molecule has 2 N–H and O–H groups in total. The summed E-state index contributed by atoms with van der Waals surface area (Å²) in [6, 6.07) is 0. The van der Waals surface area contributed by atoms with Gasteiger partial charge in [-0.1, -0.05) is 20.8 Å². The third kappa shape index (κ3) is 3.00. The summed E-state index contributed by atoms with van der Waals surface area (Å²) < 4.78 is 0. The molecule has 1 heterocycles. The van der Waals surface area contributed by atoms with E-state index in [9.17, 15) is 4.79 Å². The summed E-state index contributed by atoms with van der Waals surface area (Å²) in [7, 11) is 0. The molecule has 2 rings (SSSR count). The molecule has 0 aromatic heterocycles. The Morgan fingerprint density at radius 1 is 1.22 bits per heavy atom. The van der Waals surface area contributed by atoms with Gasteiger partial charge in [-0.05, 0) is 43.4 Å². The van der Waals surface area contributed by atoms with Crippen molar-refractivity contribution < 1.29 is 4.79 Å². The molecule has 1 amide bonds. The molecule has 1 aliphatic heterocycles. The minimum Gasteiger partial charge on any atom is -0.341 e. The van der Waals surface area contributed by atoms with Crippen LogP contribution in [0.25, 0.3) is 0 Å². The third-order valence-corrected chi connectivity index (χ3v) is 4.68. The van der Waals surface area contributed by atoms with Crippen molar-refractivity contribution in [2.24, 2.45) is 17.1 Å². The number of likely N-dealkylation sites (tertiary alicyclic amines) is 1. The maximum Gasteiger partial charge on any atom is 0.242 e. The van der Waals surface area contributed by atoms with Crippen LogP contribution < -0.4 is 5.73 Å². The van der Waals surface area contributed by atoms with Crippen molar-refractivity contribution in [1.82, 2.24) is 4.90 Å². The lowest BCUT2D eigenvalue weighted by atomic mass is 9.73. The van der Waals surface area contributed by atoms with E-state index in [1.165, 1.54) is 0 Å². The standard InChI is InChI=1S/C14H26N2O.ClH/c1-13(2,3)11-5-9-16(10-6-11)12(17)14(15)7-4-8-14;/h11H,4-10,15H2,1-3H3;1H. The summed E-state index contributed by atoms with van der Waals surface area (Å²) in [5.41, 5.74) is 5.97. The van der Waals surface area contributed by atoms with Gasteiger partial charge in [-0.15, -0.1) is 12.4 Å². The van der Waals surface area contributed by atoms with Crippen LogP contribution in [-0.4, -0.2) is 29.4 Å². The maximum absolute atomic E-state index is 12.3. The van der Waals surface area contributed by atoms with E-state index in [1.807, 2.05) is 4.90 Å². The predicted molar refractivity (Wildman–Crippen MR) is 76.8 cm³/mol. The Balaban J connectivity index is 0.00000162. The fourth-order valence-corrected chi connectivity index (χ4v) is 3.04. The Labute approximate surface area is 117 Å². The molecule has 106 valence electrons. The van der Waals surface area contributed by atoms with Crippen molar-refractivity contribution in [3.05, 3.63) is 0 Å². The SMILES string of the molecule is CC(C)(C)C1CCN(C(=O)C2(N)CCC2)CC1.Cl. The molecular formula is C14H27ClN2O. The average Bonchev–Trinajstić information content (AvgIpc) is 2.24. The number of piperidine rings is 1. The van der Waals surface area contributed by atoms with Gasteiger partial charge in [0, 0.05) is 13.1 Å². The number of halogens is 1. The van der Waals surface area contributed by atoms with Crippen molar-refractivity contribution in [2.75, 3.05) is 13.1 Å². The molecule has 2 aliphatic rings. The van der Waals surface area contributed by atoms with E-state index in [0.717, 1.165) is 51.1 Å². The van der Waals surface area contributed by atoms with Gasteiger partial charge in [0.05, 0.1) is 5.54 Å². The average molecular weight is 275 g/mol. The zero-order valence-electron chi connectivity index (χ0n) is 11.9. The number of nitrogens with two attached hydrogens (primary N) is 1. The van der Waals surface area contributed by atoms with Crippen LogP contribution in [0.5, 0.6) is 0 Å². The van der Waals surface area contributed by atoms with Gasteiger partial charge in [0.1, 0.15) is 0 Å². The van der Waals surface area contributed by atoms with Gasteiger partial charge < -0.3 is 10.6 Å². The van der Waals surface area contributed by atoms with Gasteiger partial charge in [0.25, 0.3) is 0 Å². The molecule has 1 saturated carbocycles. The van der Waals surface area contributed by atoms with E-state index in [-0.39, 0.29) is 18.3 Å². The van der Waals surface area contributed by atoms with Gasteiger partial charge >= 0.3 is 0 Å². The summed E-state index contributed by atoms with van der Waals surface area (Å²) in [4.78, 5) is 14.3. The van der Waals surface area contributed by atoms with Crippen molar-refractivity contribution in [1.29, 1.82) is 0 Å². The number of carbonyl (C=O) groups excluding carboxylic acids is 1. The highest BCUT2D eigenvalue weighted by Gasteiger charge is 2.43. The minimum atomic E-state index is -0.505. The largest absolute Gasteiger partial charge is 0.341 e. The van der Waals surface area contributed by atoms with E-state index in [1.54, 1.807) is 0 Å². The normalized spacial score (nSPS) is 24.1. The molecular weight excluding hydrogens is 248 g/mol. The summed E-state index contributed by atoms with van der Waals surface area (Å²) in [5, 5.41) is 0. The highest BCUT2D eigenvalue weighted by Crippen LogP contribution is 2.36. The number of amides is 1. The lowest BCUT2D eigenvalue weighted by molar-refractivity contribution is -0.142. The second kappa shape index (κ2) is 5.38. The topological polar surface area (TPSA) is 46.3 Å².